The summed E-state index contributed by atoms with van der Waals surface area (Å²) in [6.45, 7) is 1.99. The van der Waals surface area contributed by atoms with Gasteiger partial charge in [-0.05, 0) is 40.3 Å². The summed E-state index contributed by atoms with van der Waals surface area (Å²) in [7, 11) is 0. The minimum absolute atomic E-state index is 0. The van der Waals surface area contributed by atoms with Crippen LogP contribution < -0.4 is 0 Å². The average Bonchev–Trinajstić information content (AvgIpc) is 3.39. The van der Waals surface area contributed by atoms with Crippen LogP contribution in [0.4, 0.5) is 0 Å². The fraction of sp³-hybridized carbons (Fsp3) is 0.0161. The van der Waals surface area contributed by atoms with Crippen LogP contribution in [0.5, 0.6) is 17.2 Å². The maximum atomic E-state index is 10.5. The molecular weight excluding hydrogens is 836 g/mol. The van der Waals surface area contributed by atoms with Gasteiger partial charge in [0, 0.05) is 56.3 Å². The molecule has 0 aliphatic heterocycles. The molecule has 0 saturated heterocycles. The predicted molar refractivity (Wildman–Crippen MR) is 279 cm³/mol. The van der Waals surface area contributed by atoms with E-state index in [-0.39, 0.29) is 17.4 Å². The monoisotopic (exact) mass is 885 g/mol. The third kappa shape index (κ3) is 13.0. The highest BCUT2D eigenvalue weighted by atomic mass is 27.0. The van der Waals surface area contributed by atoms with Crippen LogP contribution in [0.1, 0.15) is 15.9 Å². The van der Waals surface area contributed by atoms with Crippen molar-refractivity contribution in [2.45, 2.75) is 6.92 Å². The third-order valence-electron chi connectivity index (χ3n) is 10.8. The molecule has 10 aromatic rings. The first-order valence-corrected chi connectivity index (χ1v) is 21.7. The fourth-order valence-corrected chi connectivity index (χ4v) is 7.38. The SMILES string of the molecule is Cc1ccc(C=O)cc1.Oc1c(-c2ccccc2)cccc1-c1ccccc1.Oc1c(-c2ccccc2)cccc1-c1ccccc1.Oc1c(-c2ccccc2)cccc1-c1ccccc1.[Al]. The normalized spacial score (nSPS) is 9.99. The zero-order valence-corrected chi connectivity index (χ0v) is 38.4. The second-order valence-electron chi connectivity index (χ2n) is 15.3. The first-order valence-electron chi connectivity index (χ1n) is 21.7. The molecule has 0 unspecified atom stereocenters. The molecule has 67 heavy (non-hydrogen) atoms. The number of carbonyl (C=O) groups excluding carboxylic acids is 1. The van der Waals surface area contributed by atoms with Crippen LogP contribution in [0.15, 0.2) is 261 Å². The van der Waals surface area contributed by atoms with Crippen molar-refractivity contribution in [1.29, 1.82) is 0 Å². The summed E-state index contributed by atoms with van der Waals surface area (Å²) in [5, 5.41) is 31.5. The molecule has 325 valence electrons. The van der Waals surface area contributed by atoms with Crippen molar-refractivity contribution in [2.75, 3.05) is 0 Å². The number of aromatic hydroxyl groups is 3. The van der Waals surface area contributed by atoms with E-state index in [1.165, 1.54) is 5.56 Å². The highest BCUT2D eigenvalue weighted by Crippen LogP contribution is 2.40. The molecule has 0 atom stereocenters. The molecule has 0 aliphatic rings. The van der Waals surface area contributed by atoms with Gasteiger partial charge in [-0.2, -0.15) is 0 Å². The molecule has 0 amide bonds. The molecule has 0 aromatic heterocycles. The van der Waals surface area contributed by atoms with Gasteiger partial charge in [0.15, 0.2) is 0 Å². The Labute approximate surface area is 404 Å². The van der Waals surface area contributed by atoms with E-state index in [2.05, 4.69) is 0 Å². The lowest BCUT2D eigenvalue weighted by atomic mass is 9.97. The van der Waals surface area contributed by atoms with Gasteiger partial charge in [-0.25, -0.2) is 0 Å². The van der Waals surface area contributed by atoms with Crippen LogP contribution >= 0.6 is 0 Å². The average molecular weight is 886 g/mol. The second kappa shape index (κ2) is 24.8. The highest BCUT2D eigenvalue weighted by molar-refractivity contribution is 5.84. The van der Waals surface area contributed by atoms with Crippen LogP contribution in [0.25, 0.3) is 66.8 Å². The lowest BCUT2D eigenvalue weighted by molar-refractivity contribution is 0.112. The fourth-order valence-electron chi connectivity index (χ4n) is 7.38. The number of hydrogen-bond acceptors (Lipinski definition) is 4. The zero-order valence-electron chi connectivity index (χ0n) is 37.2. The summed E-state index contributed by atoms with van der Waals surface area (Å²) in [5.74, 6) is 1.000. The molecule has 0 spiro atoms. The Hall–Kier alpha value is -8.20. The summed E-state index contributed by atoms with van der Waals surface area (Å²) >= 11 is 0. The molecule has 0 fully saturated rings. The summed E-state index contributed by atoms with van der Waals surface area (Å²) < 4.78 is 0. The van der Waals surface area contributed by atoms with E-state index in [1.807, 2.05) is 268 Å². The minimum Gasteiger partial charge on any atom is -0.507 e. The van der Waals surface area contributed by atoms with Crippen molar-refractivity contribution >= 4 is 23.6 Å². The summed E-state index contributed by atoms with van der Waals surface area (Å²) in [6.07, 6.45) is 0.847. The third-order valence-corrected chi connectivity index (χ3v) is 10.8. The Morgan fingerprint density at radius 1 is 0.269 bits per heavy atom. The number of phenols is 3. The van der Waals surface area contributed by atoms with E-state index in [0.717, 1.165) is 78.6 Å². The van der Waals surface area contributed by atoms with Gasteiger partial charge in [0.05, 0.1) is 0 Å². The van der Waals surface area contributed by atoms with Crippen LogP contribution in [0.2, 0.25) is 0 Å². The number of rotatable bonds is 7. The standard InChI is InChI=1S/3C18H14O.C8H8O.Al/c3*19-18-16(14-8-3-1-4-9-14)12-7-13-17(18)15-10-5-2-6-11-15;1-7-2-4-8(6-9)5-3-7;/h3*1-13,19H;2-6H,1H3;. The van der Waals surface area contributed by atoms with Crippen molar-refractivity contribution in [3.05, 3.63) is 272 Å². The Balaban J connectivity index is 0.000000151. The summed E-state index contributed by atoms with van der Waals surface area (Å²) in [6, 6.07) is 84.6. The molecule has 0 saturated carbocycles. The Morgan fingerprint density at radius 3 is 0.642 bits per heavy atom. The van der Waals surface area contributed by atoms with Crippen molar-refractivity contribution < 1.29 is 20.1 Å². The molecule has 5 heteroatoms. The molecule has 10 rings (SSSR count). The molecule has 0 aliphatic carbocycles. The number of para-hydroxylation sites is 3. The lowest BCUT2D eigenvalue weighted by Crippen LogP contribution is -1.83. The van der Waals surface area contributed by atoms with Gasteiger partial charge in [0.1, 0.15) is 23.5 Å². The Morgan fingerprint density at radius 2 is 0.463 bits per heavy atom. The number of carbonyl (C=O) groups is 1. The maximum Gasteiger partial charge on any atom is 0.150 e. The Bertz CT molecular complexity index is 2570. The van der Waals surface area contributed by atoms with Crippen LogP contribution in [0.3, 0.4) is 0 Å². The van der Waals surface area contributed by atoms with E-state index in [1.54, 1.807) is 0 Å². The van der Waals surface area contributed by atoms with Crippen molar-refractivity contribution in [3.63, 3.8) is 0 Å². The number of phenolic OH excluding ortho intramolecular Hbond substituents is 3. The number of hydrogen-bond donors (Lipinski definition) is 3. The first-order chi connectivity index (χ1) is 32.4. The predicted octanol–water partition coefficient (Wildman–Crippen LogP) is 15.6. The summed E-state index contributed by atoms with van der Waals surface area (Å²) in [5.41, 5.74) is 13.2. The molecule has 3 radical (unpaired) electrons. The van der Waals surface area contributed by atoms with Gasteiger partial charge < -0.3 is 15.3 Å². The topological polar surface area (TPSA) is 77.8 Å². The zero-order chi connectivity index (χ0) is 45.9. The largest absolute Gasteiger partial charge is 0.507 e. The molecule has 0 bridgehead atoms. The summed E-state index contributed by atoms with van der Waals surface area (Å²) in [4.78, 5) is 10.1. The molecule has 10 aromatic carbocycles. The van der Waals surface area contributed by atoms with Gasteiger partial charge in [-0.15, -0.1) is 0 Å². The van der Waals surface area contributed by atoms with Gasteiger partial charge in [-0.1, -0.05) is 266 Å². The van der Waals surface area contributed by atoms with E-state index in [4.69, 9.17) is 0 Å². The van der Waals surface area contributed by atoms with Crippen LogP contribution in [-0.4, -0.2) is 39.0 Å². The van der Waals surface area contributed by atoms with Gasteiger partial charge in [-0.3, -0.25) is 4.79 Å². The lowest BCUT2D eigenvalue weighted by Gasteiger charge is -2.10. The van der Waals surface area contributed by atoms with Gasteiger partial charge in [0.2, 0.25) is 0 Å². The second-order valence-corrected chi connectivity index (χ2v) is 15.3. The Kier molecular flexibility index (Phi) is 17.8. The van der Waals surface area contributed by atoms with Crippen LogP contribution in [-0.2, 0) is 0 Å². The quantitative estimate of drug-likeness (QED) is 0.110. The van der Waals surface area contributed by atoms with E-state index in [9.17, 15) is 20.1 Å². The van der Waals surface area contributed by atoms with E-state index in [0.29, 0.717) is 17.2 Å². The van der Waals surface area contributed by atoms with Crippen molar-refractivity contribution in [3.8, 4) is 84.0 Å². The first kappa shape index (κ1) is 48.3. The van der Waals surface area contributed by atoms with Gasteiger partial charge >= 0.3 is 0 Å². The van der Waals surface area contributed by atoms with E-state index < -0.39 is 0 Å². The van der Waals surface area contributed by atoms with Gasteiger partial charge in [0.25, 0.3) is 0 Å². The highest BCUT2D eigenvalue weighted by Gasteiger charge is 2.12. The minimum atomic E-state index is 0. The smallest absolute Gasteiger partial charge is 0.150 e. The van der Waals surface area contributed by atoms with Crippen molar-refractivity contribution in [1.82, 2.24) is 0 Å². The number of aryl methyl sites for hydroxylation is 1. The van der Waals surface area contributed by atoms with Crippen LogP contribution in [0, 0.1) is 6.92 Å². The van der Waals surface area contributed by atoms with Crippen molar-refractivity contribution in [2.24, 2.45) is 0 Å². The molecule has 3 N–H and O–H groups in total. The number of benzene rings is 10. The molecular formula is C62H50AlO4. The molecule has 4 nitrogen and oxygen atoms in total. The number of aldehydes is 1. The van der Waals surface area contributed by atoms with E-state index >= 15 is 0 Å². The maximum absolute atomic E-state index is 10.5. The molecule has 0 heterocycles.